The van der Waals surface area contributed by atoms with Crippen molar-refractivity contribution in [3.63, 3.8) is 0 Å². The fourth-order valence-corrected chi connectivity index (χ4v) is 6.98. The Balaban J connectivity index is 1.52. The normalized spacial score (nSPS) is 29.2. The molecule has 10 nitrogen and oxygen atoms in total. The number of aromatic nitrogens is 2. The number of methoxy groups -OCH3 is 1. The number of carbonyl (C=O) groups is 3. The number of hydrogen-bond acceptors (Lipinski definition) is 8. The maximum absolute atomic E-state index is 14.1. The monoisotopic (exact) mass is 595 g/mol. The van der Waals surface area contributed by atoms with Crippen LogP contribution < -0.4 is 9.47 Å². The number of hydrogen-bond donors (Lipinski definition) is 1. The maximum atomic E-state index is 14.1. The molecule has 1 saturated carbocycles. The summed E-state index contributed by atoms with van der Waals surface area (Å²) in [6, 6.07) is 4.43. The lowest BCUT2D eigenvalue weighted by Gasteiger charge is -2.34. The van der Waals surface area contributed by atoms with Crippen LogP contribution in [0.25, 0.3) is 11.0 Å². The van der Waals surface area contributed by atoms with E-state index in [1.165, 1.54) is 4.90 Å². The first-order chi connectivity index (χ1) is 20.5. The number of aliphatic carboxylic acids is 1. The van der Waals surface area contributed by atoms with Gasteiger partial charge in [0.1, 0.15) is 29.7 Å². The summed E-state index contributed by atoms with van der Waals surface area (Å²) in [4.78, 5) is 51.0. The molecule has 3 heterocycles. The summed E-state index contributed by atoms with van der Waals surface area (Å²) < 4.78 is 17.9. The molecular formula is C33H45N3O7. The predicted octanol–water partition coefficient (Wildman–Crippen LogP) is 5.20. The van der Waals surface area contributed by atoms with Crippen molar-refractivity contribution in [2.75, 3.05) is 13.7 Å². The number of carbonyl (C=O) groups excluding carboxylic acids is 2. The molecule has 234 valence electrons. The molecule has 10 heteroatoms. The third-order valence-corrected chi connectivity index (χ3v) is 9.58. The first-order valence-corrected chi connectivity index (χ1v) is 15.7. The molecule has 5 rings (SSSR count). The van der Waals surface area contributed by atoms with Crippen LogP contribution in [0.1, 0.15) is 84.8 Å². The minimum absolute atomic E-state index is 0.0700. The number of carboxylic acids is 1. The Hall–Kier alpha value is -3.43. The zero-order valence-electron chi connectivity index (χ0n) is 26.0. The molecule has 2 aliphatic heterocycles. The summed E-state index contributed by atoms with van der Waals surface area (Å²) >= 11 is 0. The summed E-state index contributed by atoms with van der Waals surface area (Å²) in [5, 5.41) is 10.3. The van der Waals surface area contributed by atoms with E-state index in [-0.39, 0.29) is 30.9 Å². The van der Waals surface area contributed by atoms with Crippen LogP contribution in [0.5, 0.6) is 11.6 Å². The summed E-state index contributed by atoms with van der Waals surface area (Å²) in [5.41, 5.74) is 1.48. The number of amides is 1. The molecule has 6 atom stereocenters. The smallest absolute Gasteiger partial charge is 0.326 e. The standard InChI is InChI=1S/C33H45N3O7/c1-19-27-18-36(29(19)32(39)40)31(38)22(33(2,3)4)17-28(37)42-26-13-9-11-20(26)10-7-6-8-12-24-30(43-27)35-25-16-21(41-5)14-15-23(25)34-24/h14-16,19-20,22,26-27,29H,6-13,17-18H2,1-5H3,(H,39,40)/t19-,20-,22-,26-,27+,29+/m1/s1. The minimum Gasteiger partial charge on any atom is -0.497 e. The molecule has 0 radical (unpaired) electrons. The SMILES string of the molecule is COc1ccc2nc3c(nc2c1)O[C@H]1CN(C(=O)[C@H](C(C)(C)C)CC(=O)O[C@@H]2CCC[C@H]2CCCCC3)[C@H](C(=O)O)[C@@H]1C. The van der Waals surface area contributed by atoms with Crippen LogP contribution in [0, 0.1) is 23.2 Å². The van der Waals surface area contributed by atoms with Gasteiger partial charge < -0.3 is 24.2 Å². The van der Waals surface area contributed by atoms with Gasteiger partial charge >= 0.3 is 11.9 Å². The van der Waals surface area contributed by atoms with Crippen LogP contribution >= 0.6 is 0 Å². The van der Waals surface area contributed by atoms with E-state index >= 15 is 0 Å². The van der Waals surface area contributed by atoms with Crippen molar-refractivity contribution in [1.29, 1.82) is 0 Å². The number of nitrogens with zero attached hydrogens (tertiary/aromatic N) is 3. The Kier molecular flexibility index (Phi) is 9.13. The van der Waals surface area contributed by atoms with E-state index in [0.717, 1.165) is 56.2 Å². The minimum atomic E-state index is -1.10. The van der Waals surface area contributed by atoms with E-state index in [0.29, 0.717) is 29.5 Å². The van der Waals surface area contributed by atoms with Crippen LogP contribution in [0.4, 0.5) is 0 Å². The molecule has 1 saturated heterocycles. The Morgan fingerprint density at radius 2 is 1.77 bits per heavy atom. The van der Waals surface area contributed by atoms with Crippen LogP contribution in [-0.4, -0.2) is 69.7 Å². The molecule has 0 unspecified atom stereocenters. The van der Waals surface area contributed by atoms with Crippen LogP contribution in [0.2, 0.25) is 0 Å². The van der Waals surface area contributed by atoms with Crippen molar-refractivity contribution in [3.05, 3.63) is 23.9 Å². The first-order valence-electron chi connectivity index (χ1n) is 15.7. The Morgan fingerprint density at radius 3 is 2.49 bits per heavy atom. The van der Waals surface area contributed by atoms with Gasteiger partial charge in [-0.15, -0.1) is 0 Å². The number of rotatable bonds is 2. The van der Waals surface area contributed by atoms with E-state index in [2.05, 4.69) is 0 Å². The molecule has 2 aromatic rings. The average molecular weight is 596 g/mol. The third kappa shape index (κ3) is 6.73. The van der Waals surface area contributed by atoms with Crippen molar-refractivity contribution in [2.45, 2.75) is 104 Å². The van der Waals surface area contributed by atoms with Gasteiger partial charge in [0.05, 0.1) is 37.0 Å². The fourth-order valence-electron chi connectivity index (χ4n) is 6.98. The van der Waals surface area contributed by atoms with E-state index in [4.69, 9.17) is 24.2 Å². The highest BCUT2D eigenvalue weighted by Crippen LogP contribution is 2.38. The van der Waals surface area contributed by atoms with Crippen LogP contribution in [0.15, 0.2) is 18.2 Å². The number of esters is 1. The lowest BCUT2D eigenvalue weighted by Crippen LogP contribution is -2.48. The van der Waals surface area contributed by atoms with Gasteiger partial charge in [-0.1, -0.05) is 40.5 Å². The second-order valence-corrected chi connectivity index (χ2v) is 13.6. The van der Waals surface area contributed by atoms with Gasteiger partial charge in [-0.2, -0.15) is 0 Å². The molecule has 1 amide bonds. The third-order valence-electron chi connectivity index (χ3n) is 9.58. The maximum Gasteiger partial charge on any atom is 0.326 e. The molecule has 2 bridgehead atoms. The summed E-state index contributed by atoms with van der Waals surface area (Å²) in [6.07, 6.45) is 6.61. The highest BCUT2D eigenvalue weighted by atomic mass is 16.5. The highest BCUT2D eigenvalue weighted by molar-refractivity contribution is 5.89. The van der Waals surface area contributed by atoms with E-state index < -0.39 is 35.4 Å². The number of fused-ring (bicyclic) bond motifs is 5. The lowest BCUT2D eigenvalue weighted by molar-refractivity contribution is -0.159. The van der Waals surface area contributed by atoms with Crippen LogP contribution in [-0.2, 0) is 25.5 Å². The predicted molar refractivity (Wildman–Crippen MR) is 160 cm³/mol. The van der Waals surface area contributed by atoms with Crippen molar-refractivity contribution >= 4 is 28.9 Å². The zero-order valence-corrected chi connectivity index (χ0v) is 26.0. The van der Waals surface area contributed by atoms with Gasteiger partial charge in [-0.25, -0.2) is 14.8 Å². The lowest BCUT2D eigenvalue weighted by atomic mass is 9.77. The Labute approximate surface area is 253 Å². The number of carboxylic acid groups (broad SMARTS) is 1. The summed E-state index contributed by atoms with van der Waals surface area (Å²) in [5.74, 6) is -1.78. The van der Waals surface area contributed by atoms with Gasteiger partial charge in [0, 0.05) is 12.0 Å². The fraction of sp³-hybridized carbons (Fsp3) is 0.667. The molecule has 1 aromatic heterocycles. The highest BCUT2D eigenvalue weighted by Gasteiger charge is 2.50. The average Bonchev–Trinajstić information content (AvgIpc) is 3.53. The molecule has 43 heavy (non-hydrogen) atoms. The van der Waals surface area contributed by atoms with Gasteiger partial charge in [0.25, 0.3) is 0 Å². The second kappa shape index (κ2) is 12.7. The number of benzene rings is 1. The van der Waals surface area contributed by atoms with E-state index in [1.54, 1.807) is 20.1 Å². The topological polar surface area (TPSA) is 128 Å². The number of aryl methyl sites for hydroxylation is 1. The van der Waals surface area contributed by atoms with Crippen molar-refractivity contribution in [2.24, 2.45) is 23.2 Å². The summed E-state index contributed by atoms with van der Waals surface area (Å²) in [6.45, 7) is 7.57. The molecule has 2 fully saturated rings. The molecule has 1 N–H and O–H groups in total. The molecule has 1 aromatic carbocycles. The Morgan fingerprint density at radius 1 is 1.00 bits per heavy atom. The second-order valence-electron chi connectivity index (χ2n) is 13.6. The molecular weight excluding hydrogens is 550 g/mol. The van der Waals surface area contributed by atoms with Crippen molar-refractivity contribution in [3.8, 4) is 11.6 Å². The van der Waals surface area contributed by atoms with Gasteiger partial charge in [0.2, 0.25) is 11.8 Å². The quantitative estimate of drug-likeness (QED) is 0.466. The van der Waals surface area contributed by atoms with Crippen molar-refractivity contribution in [1.82, 2.24) is 14.9 Å². The van der Waals surface area contributed by atoms with Crippen LogP contribution in [0.3, 0.4) is 0 Å². The molecule has 1 aliphatic carbocycles. The van der Waals surface area contributed by atoms with E-state index in [9.17, 15) is 19.5 Å². The number of ether oxygens (including phenoxy) is 3. The molecule has 0 spiro atoms. The zero-order chi connectivity index (χ0) is 30.9. The Bertz CT molecular complexity index is 1360. The van der Waals surface area contributed by atoms with Gasteiger partial charge in [0.15, 0.2) is 0 Å². The summed E-state index contributed by atoms with van der Waals surface area (Å²) in [7, 11) is 1.59. The van der Waals surface area contributed by atoms with Crippen molar-refractivity contribution < 1.29 is 33.7 Å². The van der Waals surface area contributed by atoms with Gasteiger partial charge in [-0.05, 0) is 62.0 Å². The van der Waals surface area contributed by atoms with Gasteiger partial charge in [-0.3, -0.25) is 9.59 Å². The van der Waals surface area contributed by atoms with E-state index in [1.807, 2.05) is 32.9 Å². The largest absolute Gasteiger partial charge is 0.497 e. The molecule has 3 aliphatic rings. The first kappa shape index (κ1) is 31.0.